The summed E-state index contributed by atoms with van der Waals surface area (Å²) in [6.07, 6.45) is 52.6. The summed E-state index contributed by atoms with van der Waals surface area (Å²) >= 11 is 0. The number of nitrogens with two attached hydrogens (primary N) is 2. The molecule has 0 saturated heterocycles. The highest BCUT2D eigenvalue weighted by Crippen LogP contribution is 2.16. The molecule has 0 rings (SSSR count). The highest BCUT2D eigenvalue weighted by atomic mass is 15.1. The number of allylic oxidation sites excluding steroid dienone is 2. The van der Waals surface area contributed by atoms with Gasteiger partial charge in [-0.2, -0.15) is 0 Å². The van der Waals surface area contributed by atoms with Crippen molar-refractivity contribution < 1.29 is 0 Å². The Morgan fingerprint density at radius 3 is 1.12 bits per heavy atom. The van der Waals surface area contributed by atoms with Crippen LogP contribution in [0.1, 0.15) is 246 Å². The number of hydrogen-bond acceptors (Lipinski definition) is 4. The van der Waals surface area contributed by atoms with Gasteiger partial charge in [0.1, 0.15) is 0 Å². The summed E-state index contributed by atoms with van der Waals surface area (Å²) in [6, 6.07) is 0.730. The lowest BCUT2D eigenvalue weighted by Gasteiger charge is -2.27. The third-order valence-electron chi connectivity index (χ3n) is 11.2. The highest BCUT2D eigenvalue weighted by molar-refractivity contribution is 4.81. The maximum absolute atomic E-state index is 5.65. The van der Waals surface area contributed by atoms with E-state index in [1.54, 1.807) is 0 Å². The molecule has 0 fully saturated rings. The van der Waals surface area contributed by atoms with Crippen LogP contribution in [0.5, 0.6) is 0 Å². The fourth-order valence-corrected chi connectivity index (χ4v) is 7.43. The molecule has 0 radical (unpaired) electrons. The van der Waals surface area contributed by atoms with Crippen molar-refractivity contribution in [2.45, 2.75) is 252 Å². The van der Waals surface area contributed by atoms with Gasteiger partial charge in [0.15, 0.2) is 0 Å². The molecule has 1 atom stereocenters. The molecule has 0 heterocycles. The zero-order valence-corrected chi connectivity index (χ0v) is 37.1. The highest BCUT2D eigenvalue weighted by Gasteiger charge is 2.10. The standard InChI is InChI=1S/C25H54N2.C23H48N2/c1-4-6-7-8-9-10-11-12-13-14-15-16-17-18-19-20-22-25(3)27(5-2)24-21-23-26;1-3-4-5-6-7-8-9-10-11-12-13-14-15-16-17-18-19-22-25(2)23-20-21-24/h25H,4-24,26H2,1-3H3;10-11H,3-9,12-24H2,1-2H3. The first kappa shape index (κ1) is 53.7. The summed E-state index contributed by atoms with van der Waals surface area (Å²) in [6.45, 7) is 15.6. The summed E-state index contributed by atoms with van der Waals surface area (Å²) in [5.41, 5.74) is 11.2. The van der Waals surface area contributed by atoms with Gasteiger partial charge in [-0.3, -0.25) is 0 Å². The maximum atomic E-state index is 5.65. The monoisotopic (exact) mass is 735 g/mol. The van der Waals surface area contributed by atoms with Crippen molar-refractivity contribution in [2.75, 3.05) is 46.3 Å². The van der Waals surface area contributed by atoms with E-state index in [1.165, 1.54) is 225 Å². The van der Waals surface area contributed by atoms with Crippen LogP contribution >= 0.6 is 0 Å². The van der Waals surface area contributed by atoms with Gasteiger partial charge in [-0.15, -0.1) is 0 Å². The normalized spacial score (nSPS) is 12.3. The smallest absolute Gasteiger partial charge is 0.00668 e. The molecule has 4 nitrogen and oxygen atoms in total. The molecule has 52 heavy (non-hydrogen) atoms. The lowest BCUT2D eigenvalue weighted by atomic mass is 10.0. The van der Waals surface area contributed by atoms with Gasteiger partial charge in [0.2, 0.25) is 0 Å². The number of nitrogens with zero attached hydrogens (tertiary/aromatic N) is 2. The third kappa shape index (κ3) is 45.7. The molecule has 1 unspecified atom stereocenters. The Balaban J connectivity index is 0. The minimum absolute atomic E-state index is 0.730. The summed E-state index contributed by atoms with van der Waals surface area (Å²) < 4.78 is 0. The first-order valence-electron chi connectivity index (χ1n) is 24.0. The van der Waals surface area contributed by atoms with E-state index >= 15 is 0 Å². The fourth-order valence-electron chi connectivity index (χ4n) is 7.43. The van der Waals surface area contributed by atoms with Gasteiger partial charge < -0.3 is 21.3 Å². The Kier molecular flexibility index (Phi) is 50.2. The summed E-state index contributed by atoms with van der Waals surface area (Å²) in [5.74, 6) is 0. The first-order chi connectivity index (χ1) is 25.6. The predicted octanol–water partition coefficient (Wildman–Crippen LogP) is 14.4. The minimum Gasteiger partial charge on any atom is -0.330 e. The van der Waals surface area contributed by atoms with E-state index in [1.807, 2.05) is 0 Å². The van der Waals surface area contributed by atoms with Crippen LogP contribution in [0.3, 0.4) is 0 Å². The van der Waals surface area contributed by atoms with Gasteiger partial charge in [0.25, 0.3) is 0 Å². The third-order valence-corrected chi connectivity index (χ3v) is 11.2. The summed E-state index contributed by atoms with van der Waals surface area (Å²) in [7, 11) is 2.22. The molecule has 0 amide bonds. The second-order valence-electron chi connectivity index (χ2n) is 16.4. The van der Waals surface area contributed by atoms with E-state index < -0.39 is 0 Å². The van der Waals surface area contributed by atoms with E-state index in [2.05, 4.69) is 56.7 Å². The number of hydrogen-bond donors (Lipinski definition) is 2. The number of rotatable bonds is 42. The van der Waals surface area contributed by atoms with Gasteiger partial charge in [0.05, 0.1) is 0 Å². The lowest BCUT2D eigenvalue weighted by molar-refractivity contribution is 0.205. The average molecular weight is 735 g/mol. The van der Waals surface area contributed by atoms with Crippen LogP contribution in [0, 0.1) is 0 Å². The van der Waals surface area contributed by atoms with Crippen LogP contribution in [0.15, 0.2) is 12.2 Å². The summed E-state index contributed by atoms with van der Waals surface area (Å²) in [4.78, 5) is 5.02. The van der Waals surface area contributed by atoms with Crippen molar-refractivity contribution in [1.29, 1.82) is 0 Å². The van der Waals surface area contributed by atoms with Gasteiger partial charge in [-0.25, -0.2) is 0 Å². The second kappa shape index (κ2) is 48.6. The van der Waals surface area contributed by atoms with Crippen LogP contribution in [0.4, 0.5) is 0 Å². The largest absolute Gasteiger partial charge is 0.330 e. The number of unbranched alkanes of at least 4 members (excludes halogenated alkanes) is 28. The molecule has 314 valence electrons. The van der Waals surface area contributed by atoms with Crippen molar-refractivity contribution in [2.24, 2.45) is 11.5 Å². The van der Waals surface area contributed by atoms with Crippen LogP contribution in [-0.4, -0.2) is 62.2 Å². The predicted molar refractivity (Wildman–Crippen MR) is 240 cm³/mol. The van der Waals surface area contributed by atoms with E-state index in [9.17, 15) is 0 Å². The Morgan fingerprint density at radius 1 is 0.404 bits per heavy atom. The van der Waals surface area contributed by atoms with Crippen molar-refractivity contribution in [1.82, 2.24) is 9.80 Å². The molecule has 0 aromatic carbocycles. The van der Waals surface area contributed by atoms with Crippen LogP contribution < -0.4 is 11.5 Å². The van der Waals surface area contributed by atoms with Crippen molar-refractivity contribution in [3.8, 4) is 0 Å². The van der Waals surface area contributed by atoms with Gasteiger partial charge >= 0.3 is 0 Å². The van der Waals surface area contributed by atoms with Crippen molar-refractivity contribution >= 4 is 0 Å². The molecule has 0 aliphatic rings. The van der Waals surface area contributed by atoms with E-state index in [0.29, 0.717) is 0 Å². The van der Waals surface area contributed by atoms with E-state index in [0.717, 1.165) is 38.5 Å². The minimum atomic E-state index is 0.730. The van der Waals surface area contributed by atoms with E-state index in [-0.39, 0.29) is 0 Å². The fraction of sp³-hybridized carbons (Fsp3) is 0.958. The molecule has 4 heteroatoms. The SMILES string of the molecule is CCCCCCCCC=CCCCCCCCCCN(C)CCCN.CCCCCCCCCCCCCCCCCCC(C)N(CC)CCCN. The van der Waals surface area contributed by atoms with Crippen molar-refractivity contribution in [3.05, 3.63) is 12.2 Å². The van der Waals surface area contributed by atoms with Crippen LogP contribution in [0.2, 0.25) is 0 Å². The van der Waals surface area contributed by atoms with E-state index in [4.69, 9.17) is 11.5 Å². The Hall–Kier alpha value is -0.420. The summed E-state index contributed by atoms with van der Waals surface area (Å²) in [5, 5.41) is 0. The molecule has 0 aromatic heterocycles. The topological polar surface area (TPSA) is 58.5 Å². The van der Waals surface area contributed by atoms with Crippen molar-refractivity contribution in [3.63, 3.8) is 0 Å². The Bertz CT molecular complexity index is 638. The first-order valence-corrected chi connectivity index (χ1v) is 24.0. The average Bonchev–Trinajstić information content (AvgIpc) is 3.15. The second-order valence-corrected chi connectivity index (χ2v) is 16.4. The lowest BCUT2D eigenvalue weighted by Crippen LogP contribution is -2.34. The molecular weight excluding hydrogens is 633 g/mol. The molecular formula is C48H102N4. The van der Waals surface area contributed by atoms with Gasteiger partial charge in [-0.05, 0) is 105 Å². The quantitative estimate of drug-likeness (QED) is 0.0484. The molecule has 0 aliphatic carbocycles. The zero-order chi connectivity index (χ0) is 38.4. The molecule has 0 aromatic rings. The zero-order valence-electron chi connectivity index (χ0n) is 37.1. The molecule has 4 N–H and O–H groups in total. The molecule has 0 spiro atoms. The van der Waals surface area contributed by atoms with Crippen LogP contribution in [-0.2, 0) is 0 Å². The van der Waals surface area contributed by atoms with Crippen LogP contribution in [0.25, 0.3) is 0 Å². The molecule has 0 aliphatic heterocycles. The van der Waals surface area contributed by atoms with Gasteiger partial charge in [0, 0.05) is 6.04 Å². The maximum Gasteiger partial charge on any atom is 0.00668 e. The molecule has 0 bridgehead atoms. The molecule has 0 saturated carbocycles. The Labute approximate surface area is 330 Å². The Morgan fingerprint density at radius 2 is 0.731 bits per heavy atom. The van der Waals surface area contributed by atoms with Gasteiger partial charge in [-0.1, -0.05) is 200 Å².